The molecule has 1 fully saturated rings. The normalized spacial score (nSPS) is 20.7. The number of Topliss-reactive ketones (excluding diaryl/α,β-unsaturated/α-hetero) is 1. The van der Waals surface area contributed by atoms with Crippen LogP contribution in [0.15, 0.2) is 0 Å². The van der Waals surface area contributed by atoms with E-state index in [9.17, 15) is 9.59 Å². The van der Waals surface area contributed by atoms with Gasteiger partial charge in [0.05, 0.1) is 13.2 Å². The molecule has 1 rings (SSSR count). The smallest absolute Gasteiger partial charge is 0.313 e. The van der Waals surface area contributed by atoms with Crippen molar-refractivity contribution in [1.82, 2.24) is 4.90 Å². The van der Waals surface area contributed by atoms with Crippen molar-refractivity contribution in [3.05, 3.63) is 0 Å². The van der Waals surface area contributed by atoms with Crippen LogP contribution in [0.25, 0.3) is 0 Å². The summed E-state index contributed by atoms with van der Waals surface area (Å²) in [6.45, 7) is 3.35. The number of ether oxygens (including phenoxy) is 1. The molecule has 5 nitrogen and oxygen atoms in total. The average molecular weight is 257 g/mol. The summed E-state index contributed by atoms with van der Waals surface area (Å²) in [5.74, 6) is -0.545. The Balaban J connectivity index is 2.38. The van der Waals surface area contributed by atoms with Crippen molar-refractivity contribution >= 4 is 11.8 Å². The van der Waals surface area contributed by atoms with Crippen LogP contribution in [0.4, 0.5) is 0 Å². The lowest BCUT2D eigenvalue weighted by atomic mass is 9.99. The molecule has 1 heterocycles. The molecule has 0 aliphatic carbocycles. The van der Waals surface area contributed by atoms with Gasteiger partial charge in [0, 0.05) is 12.6 Å². The second-order valence-electron chi connectivity index (χ2n) is 4.65. The van der Waals surface area contributed by atoms with E-state index in [-0.39, 0.29) is 24.9 Å². The molecule has 0 aromatic carbocycles. The van der Waals surface area contributed by atoms with Crippen LogP contribution in [-0.2, 0) is 14.3 Å². The van der Waals surface area contributed by atoms with Crippen LogP contribution < -0.4 is 0 Å². The fourth-order valence-corrected chi connectivity index (χ4v) is 2.40. The van der Waals surface area contributed by atoms with Crippen molar-refractivity contribution in [3.8, 4) is 0 Å². The number of hydrogen-bond donors (Lipinski definition) is 1. The summed E-state index contributed by atoms with van der Waals surface area (Å²) >= 11 is 0. The van der Waals surface area contributed by atoms with Gasteiger partial charge in [-0.15, -0.1) is 0 Å². The van der Waals surface area contributed by atoms with Crippen molar-refractivity contribution in [1.29, 1.82) is 0 Å². The van der Waals surface area contributed by atoms with Crippen LogP contribution in [0.1, 0.15) is 39.0 Å². The standard InChI is InChI=1S/C13H23NO4/c1-2-18-13(17)9-12(16)10-14-7-4-3-5-11(14)6-8-15/h11,15H,2-10H2,1H3. The minimum Gasteiger partial charge on any atom is -0.466 e. The number of ketones is 1. The second kappa shape index (κ2) is 8.21. The van der Waals surface area contributed by atoms with Gasteiger partial charge >= 0.3 is 5.97 Å². The van der Waals surface area contributed by atoms with Gasteiger partial charge in [0.2, 0.25) is 0 Å². The molecule has 0 amide bonds. The van der Waals surface area contributed by atoms with E-state index in [1.807, 2.05) is 0 Å². The minimum atomic E-state index is -0.446. The molecule has 0 radical (unpaired) electrons. The number of nitrogens with zero attached hydrogens (tertiary/aromatic N) is 1. The maximum Gasteiger partial charge on any atom is 0.313 e. The number of aliphatic hydroxyl groups is 1. The summed E-state index contributed by atoms with van der Waals surface area (Å²) < 4.78 is 4.76. The highest BCUT2D eigenvalue weighted by Gasteiger charge is 2.24. The van der Waals surface area contributed by atoms with Crippen molar-refractivity contribution in [2.24, 2.45) is 0 Å². The van der Waals surface area contributed by atoms with E-state index in [1.165, 1.54) is 0 Å². The first-order valence-corrected chi connectivity index (χ1v) is 6.69. The number of carbonyl (C=O) groups excluding carboxylic acids is 2. The molecule has 1 atom stereocenters. The van der Waals surface area contributed by atoms with Gasteiger partial charge in [-0.2, -0.15) is 0 Å². The van der Waals surface area contributed by atoms with E-state index >= 15 is 0 Å². The van der Waals surface area contributed by atoms with Gasteiger partial charge in [-0.1, -0.05) is 6.42 Å². The number of hydrogen-bond acceptors (Lipinski definition) is 5. The van der Waals surface area contributed by atoms with Gasteiger partial charge < -0.3 is 9.84 Å². The first-order valence-electron chi connectivity index (χ1n) is 6.69. The molecular weight excluding hydrogens is 234 g/mol. The zero-order valence-corrected chi connectivity index (χ0v) is 11.1. The van der Waals surface area contributed by atoms with Crippen molar-refractivity contribution < 1.29 is 19.4 Å². The molecule has 0 aromatic rings. The van der Waals surface area contributed by atoms with Crippen LogP contribution in [0, 0.1) is 0 Å². The van der Waals surface area contributed by atoms with E-state index < -0.39 is 5.97 Å². The quantitative estimate of drug-likeness (QED) is 0.538. The molecule has 1 aliphatic rings. The van der Waals surface area contributed by atoms with Crippen LogP contribution >= 0.6 is 0 Å². The Labute approximate surface area is 108 Å². The number of carbonyl (C=O) groups is 2. The highest BCUT2D eigenvalue weighted by Crippen LogP contribution is 2.19. The Bertz CT molecular complexity index is 278. The van der Waals surface area contributed by atoms with Crippen LogP contribution in [0.5, 0.6) is 0 Å². The van der Waals surface area contributed by atoms with Gasteiger partial charge in [-0.05, 0) is 32.7 Å². The van der Waals surface area contributed by atoms with Gasteiger partial charge in [-0.3, -0.25) is 14.5 Å². The summed E-state index contributed by atoms with van der Waals surface area (Å²) in [5.41, 5.74) is 0. The second-order valence-corrected chi connectivity index (χ2v) is 4.65. The monoisotopic (exact) mass is 257 g/mol. The fraction of sp³-hybridized carbons (Fsp3) is 0.846. The topological polar surface area (TPSA) is 66.8 Å². The molecule has 0 bridgehead atoms. The fourth-order valence-electron chi connectivity index (χ4n) is 2.40. The number of piperidine rings is 1. The number of esters is 1. The SMILES string of the molecule is CCOC(=O)CC(=O)CN1CCCCC1CCO. The molecule has 1 N–H and O–H groups in total. The summed E-state index contributed by atoms with van der Waals surface area (Å²) in [6, 6.07) is 0.273. The predicted molar refractivity (Wildman–Crippen MR) is 67.2 cm³/mol. The minimum absolute atomic E-state index is 0.0988. The van der Waals surface area contributed by atoms with E-state index in [4.69, 9.17) is 9.84 Å². The Morgan fingerprint density at radius 1 is 1.39 bits per heavy atom. The molecule has 0 spiro atoms. The molecule has 0 aromatic heterocycles. The first kappa shape index (κ1) is 15.1. The summed E-state index contributed by atoms with van der Waals surface area (Å²) in [7, 11) is 0. The number of likely N-dealkylation sites (tertiary alicyclic amines) is 1. The van der Waals surface area contributed by atoms with E-state index in [2.05, 4.69) is 4.90 Å². The maximum absolute atomic E-state index is 11.7. The number of rotatable bonds is 7. The molecular formula is C13H23NO4. The van der Waals surface area contributed by atoms with Gasteiger partial charge in [0.25, 0.3) is 0 Å². The van der Waals surface area contributed by atoms with Gasteiger partial charge in [-0.25, -0.2) is 0 Å². The lowest BCUT2D eigenvalue weighted by Crippen LogP contribution is -2.43. The average Bonchev–Trinajstić information content (AvgIpc) is 2.32. The molecule has 0 saturated carbocycles. The molecule has 18 heavy (non-hydrogen) atoms. The molecule has 1 aliphatic heterocycles. The molecule has 104 valence electrons. The Hall–Kier alpha value is -0.940. The molecule has 1 unspecified atom stereocenters. The van der Waals surface area contributed by atoms with Crippen LogP contribution in [0.3, 0.4) is 0 Å². The lowest BCUT2D eigenvalue weighted by Gasteiger charge is -2.34. The maximum atomic E-state index is 11.7. The van der Waals surface area contributed by atoms with E-state index in [0.29, 0.717) is 19.6 Å². The Morgan fingerprint density at radius 3 is 2.83 bits per heavy atom. The Kier molecular flexibility index (Phi) is 6.90. The number of aliphatic hydroxyl groups excluding tert-OH is 1. The zero-order valence-electron chi connectivity index (χ0n) is 11.1. The first-order chi connectivity index (χ1) is 8.67. The van der Waals surface area contributed by atoms with Crippen molar-refractivity contribution in [2.75, 3.05) is 26.3 Å². The molecule has 5 heteroatoms. The third-order valence-corrected chi connectivity index (χ3v) is 3.24. The zero-order chi connectivity index (χ0) is 13.4. The third-order valence-electron chi connectivity index (χ3n) is 3.24. The van der Waals surface area contributed by atoms with Crippen molar-refractivity contribution in [3.63, 3.8) is 0 Å². The third kappa shape index (κ3) is 5.14. The van der Waals surface area contributed by atoms with Crippen LogP contribution in [-0.4, -0.2) is 54.1 Å². The summed E-state index contributed by atoms with van der Waals surface area (Å²) in [5, 5.41) is 9.00. The highest BCUT2D eigenvalue weighted by atomic mass is 16.5. The largest absolute Gasteiger partial charge is 0.466 e. The highest BCUT2D eigenvalue weighted by molar-refractivity contribution is 5.96. The summed E-state index contributed by atoms with van der Waals surface area (Å²) in [4.78, 5) is 25.0. The van der Waals surface area contributed by atoms with Gasteiger partial charge in [0.15, 0.2) is 5.78 Å². The van der Waals surface area contributed by atoms with Gasteiger partial charge in [0.1, 0.15) is 6.42 Å². The predicted octanol–water partition coefficient (Wildman–Crippen LogP) is 0.746. The summed E-state index contributed by atoms with van der Waals surface area (Å²) in [6.07, 6.45) is 3.80. The molecule has 1 saturated heterocycles. The lowest BCUT2D eigenvalue weighted by molar-refractivity contribution is -0.145. The van der Waals surface area contributed by atoms with Crippen LogP contribution in [0.2, 0.25) is 0 Å². The van der Waals surface area contributed by atoms with E-state index in [1.54, 1.807) is 6.92 Å². The van der Waals surface area contributed by atoms with Crippen molar-refractivity contribution in [2.45, 2.75) is 45.1 Å². The van der Waals surface area contributed by atoms with E-state index in [0.717, 1.165) is 25.8 Å². The Morgan fingerprint density at radius 2 is 2.17 bits per heavy atom.